The fourth-order valence-corrected chi connectivity index (χ4v) is 7.79. The molecule has 0 aromatic carbocycles. The second kappa shape index (κ2) is 42.9. The van der Waals surface area contributed by atoms with Crippen molar-refractivity contribution in [3.8, 4) is 0 Å². The monoisotopic (exact) mass is 939 g/mol. The second-order valence-electron chi connectivity index (χ2n) is 17.0. The van der Waals surface area contributed by atoms with Crippen molar-refractivity contribution < 1.29 is 56.2 Å². The molecule has 0 saturated carbocycles. The highest BCUT2D eigenvalue weighted by molar-refractivity contribution is 7.80. The van der Waals surface area contributed by atoms with Crippen LogP contribution < -0.4 is 0 Å². The van der Waals surface area contributed by atoms with Crippen LogP contribution in [0.4, 0.5) is 0 Å². The van der Waals surface area contributed by atoms with Crippen molar-refractivity contribution in [3.63, 3.8) is 0 Å². The lowest BCUT2D eigenvalue weighted by Gasteiger charge is -2.41. The first-order valence-electron chi connectivity index (χ1n) is 25.2. The van der Waals surface area contributed by atoms with Gasteiger partial charge in [0.1, 0.15) is 30.5 Å². The average molecular weight is 939 g/mol. The third-order valence-electron chi connectivity index (χ3n) is 11.1. The molecule has 65 heavy (non-hydrogen) atoms. The van der Waals surface area contributed by atoms with E-state index >= 15 is 0 Å². The number of allylic oxidation sites excluding steroid dienone is 12. The quantitative estimate of drug-likeness (QED) is 0.0197. The number of hydrogen-bond acceptors (Lipinski definition) is 11. The summed E-state index contributed by atoms with van der Waals surface area (Å²) in [5.41, 5.74) is 0. The van der Waals surface area contributed by atoms with Crippen LogP contribution in [0.1, 0.15) is 187 Å². The maximum Gasteiger partial charge on any atom is 0.397 e. The number of rotatable bonds is 43. The molecule has 4 N–H and O–H groups in total. The third kappa shape index (κ3) is 36.3. The van der Waals surface area contributed by atoms with Gasteiger partial charge in [-0.1, -0.05) is 170 Å². The number of esters is 1. The predicted molar refractivity (Wildman–Crippen MR) is 262 cm³/mol. The molecule has 1 heterocycles. The summed E-state index contributed by atoms with van der Waals surface area (Å²) in [7, 11) is -5.07. The van der Waals surface area contributed by atoms with Gasteiger partial charge in [0, 0.05) is 13.0 Å². The maximum absolute atomic E-state index is 12.9. The normalized spacial score (nSPS) is 20.2. The van der Waals surface area contributed by atoms with Crippen LogP contribution in [0.2, 0.25) is 0 Å². The van der Waals surface area contributed by atoms with E-state index in [-0.39, 0.29) is 19.6 Å². The third-order valence-corrected chi connectivity index (χ3v) is 11.5. The Kier molecular flexibility index (Phi) is 39.9. The van der Waals surface area contributed by atoms with Gasteiger partial charge < -0.3 is 34.3 Å². The van der Waals surface area contributed by atoms with E-state index in [0.29, 0.717) is 13.0 Å². The molecule has 1 fully saturated rings. The Morgan fingerprint density at radius 2 is 1.06 bits per heavy atom. The van der Waals surface area contributed by atoms with Gasteiger partial charge in [-0.15, -0.1) is 0 Å². The highest BCUT2D eigenvalue weighted by Crippen LogP contribution is 2.26. The Labute approximate surface area is 394 Å². The molecule has 0 aromatic rings. The highest BCUT2D eigenvalue weighted by atomic mass is 32.3. The molecule has 0 aromatic heterocycles. The van der Waals surface area contributed by atoms with E-state index in [1.165, 1.54) is 70.6 Å². The predicted octanol–water partition coefficient (Wildman–Crippen LogP) is 11.5. The minimum Gasteiger partial charge on any atom is -0.457 e. The standard InChI is InChI=1S/C52H90O12S/c1-3-5-7-9-11-13-15-17-19-21-22-23-24-25-27-29-31-33-35-37-39-41-48(54)62-46(45-61-52-50(56)51(64-65(57,58)59)49(55)47(43-53)63-52)44-60-42-40-38-36-34-32-30-28-26-20-18-16-14-12-10-8-6-4-2/h5,7,11,13,17,19-20,22-23,25-27,46-47,49-53,55-56H,3-4,6,8-10,12,14-16,18,21,24,28-45H2,1-2H3,(H,57,58,59)/b7-5-,13-11-,19-17-,23-22-,26-20-,27-25-. The Bertz CT molecular complexity index is 1410. The fraction of sp³-hybridized carbons (Fsp3) is 0.750. The van der Waals surface area contributed by atoms with Crippen molar-refractivity contribution in [1.82, 2.24) is 0 Å². The van der Waals surface area contributed by atoms with Crippen LogP contribution in [0.25, 0.3) is 0 Å². The summed E-state index contributed by atoms with van der Waals surface area (Å²) in [5.74, 6) is -0.421. The molecular weight excluding hydrogens is 849 g/mol. The smallest absolute Gasteiger partial charge is 0.397 e. The lowest BCUT2D eigenvalue weighted by Crippen LogP contribution is -2.60. The van der Waals surface area contributed by atoms with E-state index in [4.69, 9.17) is 18.9 Å². The molecule has 13 heteroatoms. The zero-order valence-corrected chi connectivity index (χ0v) is 41.1. The van der Waals surface area contributed by atoms with Crippen molar-refractivity contribution in [1.29, 1.82) is 0 Å². The summed E-state index contributed by atoms with van der Waals surface area (Å²) in [6.07, 6.45) is 46.4. The SMILES string of the molecule is CC/C=C\C/C=C\C/C=C\C/C=C\C/C=C\CCCCCCCC(=O)OC(COCCCCCCCC/C=C\CCCCCCCCC)COC1OC(CO)C(O)C(OS(=O)(=O)O)C1O. The molecule has 0 amide bonds. The summed E-state index contributed by atoms with van der Waals surface area (Å²) in [4.78, 5) is 12.9. The van der Waals surface area contributed by atoms with Crippen LogP contribution in [0.3, 0.4) is 0 Å². The molecule has 0 radical (unpaired) electrons. The van der Waals surface area contributed by atoms with Gasteiger partial charge in [0.25, 0.3) is 0 Å². The van der Waals surface area contributed by atoms with Crippen LogP contribution in [0.5, 0.6) is 0 Å². The van der Waals surface area contributed by atoms with Crippen LogP contribution in [-0.2, 0) is 38.3 Å². The number of ether oxygens (including phenoxy) is 4. The Balaban J connectivity index is 2.41. The van der Waals surface area contributed by atoms with Gasteiger partial charge in [-0.05, 0) is 83.5 Å². The number of carbonyl (C=O) groups is 1. The fourth-order valence-electron chi connectivity index (χ4n) is 7.28. The van der Waals surface area contributed by atoms with E-state index in [0.717, 1.165) is 89.9 Å². The van der Waals surface area contributed by atoms with Crippen molar-refractivity contribution in [2.45, 2.75) is 224 Å². The Hall–Kier alpha value is -2.46. The Morgan fingerprint density at radius 1 is 0.600 bits per heavy atom. The van der Waals surface area contributed by atoms with Gasteiger partial charge in [0.05, 0.1) is 19.8 Å². The number of carbonyl (C=O) groups excluding carboxylic acids is 1. The molecule has 1 aliphatic heterocycles. The molecule has 1 rings (SSSR count). The topological polar surface area (TPSA) is 178 Å². The zero-order valence-electron chi connectivity index (χ0n) is 40.3. The van der Waals surface area contributed by atoms with Gasteiger partial charge in [0.2, 0.25) is 0 Å². The first-order valence-corrected chi connectivity index (χ1v) is 26.6. The van der Waals surface area contributed by atoms with Gasteiger partial charge in [0.15, 0.2) is 6.29 Å². The summed E-state index contributed by atoms with van der Waals surface area (Å²) >= 11 is 0. The maximum atomic E-state index is 12.9. The molecule has 0 bridgehead atoms. The molecular formula is C52H90O12S. The number of aliphatic hydroxyl groups is 3. The Morgan fingerprint density at radius 3 is 1.57 bits per heavy atom. The molecule has 1 aliphatic rings. The average Bonchev–Trinajstić information content (AvgIpc) is 3.28. The van der Waals surface area contributed by atoms with Crippen molar-refractivity contribution >= 4 is 16.4 Å². The molecule has 1 saturated heterocycles. The van der Waals surface area contributed by atoms with Gasteiger partial charge in [-0.2, -0.15) is 8.42 Å². The van der Waals surface area contributed by atoms with E-state index in [2.05, 4.69) is 90.9 Å². The zero-order chi connectivity index (χ0) is 47.5. The molecule has 6 unspecified atom stereocenters. The molecule has 0 spiro atoms. The van der Waals surface area contributed by atoms with Crippen molar-refractivity contribution in [2.24, 2.45) is 0 Å². The molecule has 6 atom stereocenters. The molecule has 376 valence electrons. The summed E-state index contributed by atoms with van der Waals surface area (Å²) in [6.45, 7) is 3.84. The first kappa shape index (κ1) is 60.6. The van der Waals surface area contributed by atoms with Crippen LogP contribution in [-0.4, -0.2) is 97.5 Å². The van der Waals surface area contributed by atoms with E-state index in [1.807, 2.05) is 0 Å². The largest absolute Gasteiger partial charge is 0.457 e. The van der Waals surface area contributed by atoms with E-state index in [1.54, 1.807) is 0 Å². The van der Waals surface area contributed by atoms with E-state index < -0.39 is 59.8 Å². The van der Waals surface area contributed by atoms with Crippen molar-refractivity contribution in [2.75, 3.05) is 26.4 Å². The number of aliphatic hydroxyl groups excluding tert-OH is 3. The number of unbranched alkanes of at least 4 members (excludes halogenated alkanes) is 18. The lowest BCUT2D eigenvalue weighted by molar-refractivity contribution is -0.301. The second-order valence-corrected chi connectivity index (χ2v) is 18.1. The minimum atomic E-state index is -5.07. The first-order chi connectivity index (χ1) is 31.6. The minimum absolute atomic E-state index is 0.0204. The van der Waals surface area contributed by atoms with Crippen LogP contribution >= 0.6 is 0 Å². The summed E-state index contributed by atoms with van der Waals surface area (Å²) in [5, 5.41) is 30.7. The van der Waals surface area contributed by atoms with Crippen LogP contribution in [0, 0.1) is 0 Å². The molecule has 12 nitrogen and oxygen atoms in total. The molecule has 0 aliphatic carbocycles. The van der Waals surface area contributed by atoms with Crippen molar-refractivity contribution in [3.05, 3.63) is 72.9 Å². The highest BCUT2D eigenvalue weighted by Gasteiger charge is 2.48. The van der Waals surface area contributed by atoms with Crippen LogP contribution in [0.15, 0.2) is 72.9 Å². The lowest BCUT2D eigenvalue weighted by atomic mass is 9.99. The van der Waals surface area contributed by atoms with E-state index in [9.17, 15) is 33.1 Å². The summed E-state index contributed by atoms with van der Waals surface area (Å²) in [6, 6.07) is 0. The van der Waals surface area contributed by atoms with Gasteiger partial charge >= 0.3 is 16.4 Å². The number of hydrogen-bond donors (Lipinski definition) is 4. The van der Waals surface area contributed by atoms with Gasteiger partial charge in [-0.25, -0.2) is 4.18 Å². The van der Waals surface area contributed by atoms with Gasteiger partial charge in [-0.3, -0.25) is 9.35 Å². The summed E-state index contributed by atoms with van der Waals surface area (Å²) < 4.78 is 59.2.